The van der Waals surface area contributed by atoms with Crippen LogP contribution in [0.5, 0.6) is 0 Å². The fourth-order valence-electron chi connectivity index (χ4n) is 3.11. The van der Waals surface area contributed by atoms with Gasteiger partial charge in [-0.15, -0.1) is 0 Å². The van der Waals surface area contributed by atoms with Crippen LogP contribution in [0.4, 0.5) is 17.1 Å². The molecular formula is C18H14N4O5. The number of quaternary nitrogens is 2. The minimum absolute atomic E-state index is 0.140. The van der Waals surface area contributed by atoms with E-state index in [4.69, 9.17) is 5.21 Å². The molecule has 0 saturated carbocycles. The Bertz CT molecular complexity index is 1090. The van der Waals surface area contributed by atoms with Crippen LogP contribution in [0.15, 0.2) is 59.6 Å². The summed E-state index contributed by atoms with van der Waals surface area (Å²) in [5.74, 6) is -0.349. The molecule has 0 aliphatic carbocycles. The summed E-state index contributed by atoms with van der Waals surface area (Å²) in [5, 5.41) is 42.8. The van der Waals surface area contributed by atoms with Crippen LogP contribution in [0.2, 0.25) is 0 Å². The number of carbonyl (C=O) groups excluding carboxylic acids is 1. The number of aliphatic imine (C=N–C) groups is 1. The van der Waals surface area contributed by atoms with E-state index >= 15 is 0 Å². The molecule has 0 spiro atoms. The smallest absolute Gasteiger partial charge is 0.263 e. The SMILES string of the molecule is O=C(NC1=Nc2cccc3cccc1c23)c1ccc([NH+]([O-])O)cc1[NH+]([O-])O. The zero-order chi connectivity index (χ0) is 19.1. The summed E-state index contributed by atoms with van der Waals surface area (Å²) in [4.78, 5) is 17.1. The van der Waals surface area contributed by atoms with Crippen molar-refractivity contribution in [1.82, 2.24) is 5.32 Å². The lowest BCUT2D eigenvalue weighted by Gasteiger charge is -2.18. The first-order valence-electron chi connectivity index (χ1n) is 7.98. The quantitative estimate of drug-likeness (QED) is 0.429. The van der Waals surface area contributed by atoms with Crippen molar-refractivity contribution in [2.45, 2.75) is 0 Å². The van der Waals surface area contributed by atoms with Gasteiger partial charge in [-0.05, 0) is 17.5 Å². The molecule has 5 N–H and O–H groups in total. The van der Waals surface area contributed by atoms with Crippen molar-refractivity contribution in [3.63, 3.8) is 0 Å². The highest BCUT2D eigenvalue weighted by atomic mass is 16.8. The molecule has 27 heavy (non-hydrogen) atoms. The summed E-state index contributed by atoms with van der Waals surface area (Å²) >= 11 is 0. The standard InChI is InChI=1S/C18H14N4O5/c23-18(12-8-7-11(21(24)25)9-15(12)22(26)27)20-17-13-5-1-3-10-4-2-6-14(19-17)16(10)13/h1-9,21-22,24,26H,(H,19,20,23). The predicted octanol–water partition coefficient (Wildman–Crippen LogP) is 0.468. The van der Waals surface area contributed by atoms with E-state index in [1.165, 1.54) is 12.1 Å². The van der Waals surface area contributed by atoms with E-state index < -0.39 is 16.4 Å². The van der Waals surface area contributed by atoms with Crippen LogP contribution in [-0.2, 0) is 0 Å². The normalized spacial score (nSPS) is 14.7. The lowest BCUT2D eigenvalue weighted by atomic mass is 10.0. The van der Waals surface area contributed by atoms with Crippen molar-refractivity contribution in [3.8, 4) is 0 Å². The maximum atomic E-state index is 12.7. The van der Waals surface area contributed by atoms with Crippen molar-refractivity contribution in [2.75, 3.05) is 0 Å². The molecular weight excluding hydrogens is 352 g/mol. The summed E-state index contributed by atoms with van der Waals surface area (Å²) < 4.78 is 0. The molecule has 0 radical (unpaired) electrons. The molecule has 0 saturated heterocycles. The largest absolute Gasteiger partial charge is 0.595 e. The number of carbonyl (C=O) groups is 1. The Kier molecular flexibility index (Phi) is 4.16. The van der Waals surface area contributed by atoms with Crippen LogP contribution in [0.25, 0.3) is 10.8 Å². The first kappa shape index (κ1) is 17.2. The Balaban J connectivity index is 1.69. The van der Waals surface area contributed by atoms with Crippen molar-refractivity contribution >= 4 is 39.6 Å². The molecule has 0 fully saturated rings. The predicted molar refractivity (Wildman–Crippen MR) is 95.6 cm³/mol. The second-order valence-corrected chi connectivity index (χ2v) is 5.97. The molecule has 9 heteroatoms. The number of hydrogen-bond acceptors (Lipinski definition) is 6. The molecule has 2 atom stereocenters. The van der Waals surface area contributed by atoms with Gasteiger partial charge >= 0.3 is 0 Å². The van der Waals surface area contributed by atoms with Crippen molar-refractivity contribution in [1.29, 1.82) is 0 Å². The fraction of sp³-hybridized carbons (Fsp3) is 0. The summed E-state index contributed by atoms with van der Waals surface area (Å²) in [6, 6.07) is 14.6. The number of nitrogens with one attached hydrogen (secondary N) is 3. The molecule has 2 unspecified atom stereocenters. The van der Waals surface area contributed by atoms with Crippen LogP contribution in [0.1, 0.15) is 15.9 Å². The molecule has 1 aliphatic rings. The van der Waals surface area contributed by atoms with Crippen LogP contribution >= 0.6 is 0 Å². The third-order valence-electron chi connectivity index (χ3n) is 4.34. The highest BCUT2D eigenvalue weighted by Gasteiger charge is 2.24. The van der Waals surface area contributed by atoms with Crippen molar-refractivity contribution in [3.05, 3.63) is 76.1 Å². The van der Waals surface area contributed by atoms with Crippen LogP contribution in [0, 0.1) is 10.4 Å². The summed E-state index contributed by atoms with van der Waals surface area (Å²) in [6.07, 6.45) is 0. The maximum Gasteiger partial charge on any atom is 0.263 e. The topological polar surface area (TPSA) is 137 Å². The molecule has 1 heterocycles. The molecule has 9 nitrogen and oxygen atoms in total. The number of amides is 1. The monoisotopic (exact) mass is 366 g/mol. The van der Waals surface area contributed by atoms with Gasteiger partial charge in [-0.25, -0.2) is 15.4 Å². The third kappa shape index (κ3) is 2.96. The van der Waals surface area contributed by atoms with Crippen LogP contribution in [0.3, 0.4) is 0 Å². The molecule has 1 amide bonds. The Morgan fingerprint density at radius 3 is 2.44 bits per heavy atom. The van der Waals surface area contributed by atoms with Gasteiger partial charge in [-0.1, -0.05) is 30.3 Å². The minimum Gasteiger partial charge on any atom is -0.595 e. The molecule has 4 rings (SSSR count). The van der Waals surface area contributed by atoms with Gasteiger partial charge in [0.15, 0.2) is 11.4 Å². The van der Waals surface area contributed by atoms with E-state index in [9.17, 15) is 20.4 Å². The number of rotatable bonds is 3. The van der Waals surface area contributed by atoms with Gasteiger partial charge in [-0.3, -0.25) is 4.79 Å². The summed E-state index contributed by atoms with van der Waals surface area (Å²) in [6.45, 7) is 0. The highest BCUT2D eigenvalue weighted by Crippen LogP contribution is 2.34. The second-order valence-electron chi connectivity index (χ2n) is 5.97. The van der Waals surface area contributed by atoms with Gasteiger partial charge in [0.1, 0.15) is 11.4 Å². The molecule has 1 aliphatic heterocycles. The highest BCUT2D eigenvalue weighted by molar-refractivity contribution is 6.24. The second kappa shape index (κ2) is 6.52. The fourth-order valence-corrected chi connectivity index (χ4v) is 3.11. The van der Waals surface area contributed by atoms with Crippen molar-refractivity contribution < 1.29 is 25.7 Å². The van der Waals surface area contributed by atoms with E-state index in [-0.39, 0.29) is 16.9 Å². The Morgan fingerprint density at radius 2 is 1.74 bits per heavy atom. The molecule has 0 aromatic heterocycles. The first-order chi connectivity index (χ1) is 13.0. The number of hydrogen-bond donors (Lipinski definition) is 5. The molecule has 3 aromatic carbocycles. The number of nitrogens with zero attached hydrogens (tertiary/aromatic N) is 1. The van der Waals surface area contributed by atoms with Crippen LogP contribution in [-0.4, -0.2) is 22.2 Å². The lowest BCUT2D eigenvalue weighted by molar-refractivity contribution is -0.996. The Hall–Kier alpha value is -3.18. The van der Waals surface area contributed by atoms with Crippen molar-refractivity contribution in [2.24, 2.45) is 4.99 Å². The van der Waals surface area contributed by atoms with E-state index in [1.807, 2.05) is 36.4 Å². The zero-order valence-corrected chi connectivity index (χ0v) is 13.8. The average molecular weight is 366 g/mol. The van der Waals surface area contributed by atoms with E-state index in [0.29, 0.717) is 5.84 Å². The molecule has 3 aromatic rings. The van der Waals surface area contributed by atoms with Gasteiger partial charge in [0, 0.05) is 17.0 Å². The maximum absolute atomic E-state index is 12.7. The first-order valence-corrected chi connectivity index (χ1v) is 7.98. The lowest BCUT2D eigenvalue weighted by Crippen LogP contribution is -3.01. The number of amidine groups is 1. The van der Waals surface area contributed by atoms with E-state index in [2.05, 4.69) is 10.3 Å². The number of benzene rings is 3. The summed E-state index contributed by atoms with van der Waals surface area (Å²) in [7, 11) is 0. The Labute approximate surface area is 152 Å². The van der Waals surface area contributed by atoms with Gasteiger partial charge in [0.2, 0.25) is 0 Å². The zero-order valence-electron chi connectivity index (χ0n) is 13.8. The summed E-state index contributed by atoms with van der Waals surface area (Å²) in [5.41, 5.74) is 0.730. The Morgan fingerprint density at radius 1 is 1.00 bits per heavy atom. The van der Waals surface area contributed by atoms with Gasteiger partial charge in [0.05, 0.1) is 11.8 Å². The minimum atomic E-state index is -1.39. The van der Waals surface area contributed by atoms with Gasteiger partial charge < -0.3 is 15.7 Å². The van der Waals surface area contributed by atoms with E-state index in [0.717, 1.165) is 28.1 Å². The van der Waals surface area contributed by atoms with Crippen LogP contribution < -0.4 is 15.8 Å². The molecule has 0 bridgehead atoms. The van der Waals surface area contributed by atoms with Gasteiger partial charge in [0.25, 0.3) is 5.91 Å². The molecule has 136 valence electrons. The van der Waals surface area contributed by atoms with Gasteiger partial charge in [-0.2, -0.15) is 10.5 Å². The third-order valence-corrected chi connectivity index (χ3v) is 4.34. The average Bonchev–Trinajstić information content (AvgIpc) is 3.01. The van der Waals surface area contributed by atoms with E-state index in [1.54, 1.807) is 0 Å².